The summed E-state index contributed by atoms with van der Waals surface area (Å²) in [5.74, 6) is 5.22. The molecule has 0 amide bonds. The Hall–Kier alpha value is -0.940. The molecule has 0 aliphatic rings. The molecule has 90 valence electrons. The lowest BCUT2D eigenvalue weighted by Gasteiger charge is -2.17. The van der Waals surface area contributed by atoms with Crippen LogP contribution in [0.25, 0.3) is 0 Å². The number of halogens is 2. The third kappa shape index (κ3) is 2.50. The number of hydrazine groups is 1. The number of aryl methyl sites for hydroxylation is 1. The van der Waals surface area contributed by atoms with E-state index in [2.05, 4.69) is 5.43 Å². The molecule has 1 heterocycles. The lowest BCUT2D eigenvalue weighted by molar-refractivity contribution is 0.563. The van der Waals surface area contributed by atoms with Gasteiger partial charge in [-0.15, -0.1) is 11.3 Å². The molecule has 2 rings (SSSR count). The molecule has 1 atom stereocenters. The van der Waals surface area contributed by atoms with Gasteiger partial charge in [-0.3, -0.25) is 5.84 Å². The van der Waals surface area contributed by atoms with Crippen molar-refractivity contribution in [2.75, 3.05) is 0 Å². The fourth-order valence-electron chi connectivity index (χ4n) is 1.72. The fraction of sp³-hybridized carbons (Fsp3) is 0.167. The molecule has 0 spiro atoms. The summed E-state index contributed by atoms with van der Waals surface area (Å²) in [4.78, 5) is 0.994. The predicted octanol–water partition coefficient (Wildman–Crippen LogP) is 3.40. The summed E-state index contributed by atoms with van der Waals surface area (Å²) >= 11 is 7.43. The number of thiophene rings is 1. The lowest BCUT2D eigenvalue weighted by Crippen LogP contribution is -2.29. The summed E-state index contributed by atoms with van der Waals surface area (Å²) in [6.07, 6.45) is 0. The maximum Gasteiger partial charge on any atom is 0.128 e. The normalized spacial score (nSPS) is 12.7. The summed E-state index contributed by atoms with van der Waals surface area (Å²) in [7, 11) is 0. The van der Waals surface area contributed by atoms with Gasteiger partial charge in [-0.1, -0.05) is 11.6 Å². The van der Waals surface area contributed by atoms with Crippen molar-refractivity contribution in [1.29, 1.82) is 0 Å². The number of benzene rings is 1. The Morgan fingerprint density at radius 2 is 2.18 bits per heavy atom. The molecule has 0 aliphatic heterocycles. The van der Waals surface area contributed by atoms with Crippen LogP contribution in [0.2, 0.25) is 5.02 Å². The van der Waals surface area contributed by atoms with E-state index >= 15 is 0 Å². The molecule has 17 heavy (non-hydrogen) atoms. The minimum absolute atomic E-state index is 0.315. The standard InChI is InChI=1S/C12H12ClFN2S/c1-7-4-5-17-12(7)11(16-15)9-6-8(13)2-3-10(9)14/h2-6,11,16H,15H2,1H3. The second-order valence-electron chi connectivity index (χ2n) is 3.73. The van der Waals surface area contributed by atoms with Crippen LogP contribution in [0.5, 0.6) is 0 Å². The molecule has 3 N–H and O–H groups in total. The van der Waals surface area contributed by atoms with Gasteiger partial charge >= 0.3 is 0 Å². The van der Waals surface area contributed by atoms with E-state index < -0.39 is 0 Å². The lowest BCUT2D eigenvalue weighted by atomic mass is 10.0. The first-order chi connectivity index (χ1) is 8.13. The maximum absolute atomic E-state index is 13.8. The van der Waals surface area contributed by atoms with Gasteiger partial charge in [0.1, 0.15) is 5.82 Å². The summed E-state index contributed by atoms with van der Waals surface area (Å²) in [6, 6.07) is 6.08. The fourth-order valence-corrected chi connectivity index (χ4v) is 2.91. The van der Waals surface area contributed by atoms with Crippen LogP contribution in [0.4, 0.5) is 4.39 Å². The van der Waals surface area contributed by atoms with Gasteiger partial charge in [-0.25, -0.2) is 9.82 Å². The first kappa shape index (κ1) is 12.5. The van der Waals surface area contributed by atoms with Gasteiger partial charge in [0.25, 0.3) is 0 Å². The highest BCUT2D eigenvalue weighted by Crippen LogP contribution is 2.31. The number of hydrogen-bond acceptors (Lipinski definition) is 3. The predicted molar refractivity (Wildman–Crippen MR) is 69.6 cm³/mol. The summed E-state index contributed by atoms with van der Waals surface area (Å²) < 4.78 is 13.8. The van der Waals surface area contributed by atoms with E-state index in [0.717, 1.165) is 10.4 Å². The molecule has 0 aliphatic carbocycles. The van der Waals surface area contributed by atoms with Crippen LogP contribution in [-0.4, -0.2) is 0 Å². The topological polar surface area (TPSA) is 38.0 Å². The Kier molecular flexibility index (Phi) is 3.79. The Balaban J connectivity index is 2.49. The highest BCUT2D eigenvalue weighted by Gasteiger charge is 2.19. The molecule has 0 fully saturated rings. The van der Waals surface area contributed by atoms with Crippen molar-refractivity contribution in [3.8, 4) is 0 Å². The average Bonchev–Trinajstić information content (AvgIpc) is 2.71. The van der Waals surface area contributed by atoms with Gasteiger partial charge in [0.05, 0.1) is 6.04 Å². The molecule has 1 aromatic carbocycles. The van der Waals surface area contributed by atoms with E-state index in [9.17, 15) is 4.39 Å². The zero-order valence-electron chi connectivity index (χ0n) is 9.21. The second kappa shape index (κ2) is 5.14. The van der Waals surface area contributed by atoms with Crippen molar-refractivity contribution in [3.63, 3.8) is 0 Å². The largest absolute Gasteiger partial charge is 0.271 e. The average molecular weight is 271 g/mol. The zero-order valence-corrected chi connectivity index (χ0v) is 10.8. The Labute approximate surface area is 108 Å². The smallest absolute Gasteiger partial charge is 0.128 e. The van der Waals surface area contributed by atoms with E-state index in [4.69, 9.17) is 17.4 Å². The first-order valence-corrected chi connectivity index (χ1v) is 6.34. The van der Waals surface area contributed by atoms with E-state index in [-0.39, 0.29) is 11.9 Å². The molecular weight excluding hydrogens is 259 g/mol. The van der Waals surface area contributed by atoms with Crippen molar-refractivity contribution in [3.05, 3.63) is 56.5 Å². The van der Waals surface area contributed by atoms with Crippen LogP contribution in [0, 0.1) is 12.7 Å². The Morgan fingerprint density at radius 3 is 2.76 bits per heavy atom. The summed E-state index contributed by atoms with van der Waals surface area (Å²) in [6.45, 7) is 1.97. The molecule has 5 heteroatoms. The Bertz CT molecular complexity index is 527. The van der Waals surface area contributed by atoms with Crippen molar-refractivity contribution >= 4 is 22.9 Å². The molecule has 2 nitrogen and oxygen atoms in total. The van der Waals surface area contributed by atoms with Crippen molar-refractivity contribution in [2.24, 2.45) is 5.84 Å². The number of nitrogens with two attached hydrogens (primary N) is 1. The number of rotatable bonds is 3. The van der Waals surface area contributed by atoms with Crippen LogP contribution < -0.4 is 11.3 Å². The van der Waals surface area contributed by atoms with Crippen molar-refractivity contribution < 1.29 is 4.39 Å². The Morgan fingerprint density at radius 1 is 1.41 bits per heavy atom. The molecule has 0 saturated heterocycles. The van der Waals surface area contributed by atoms with Crippen LogP contribution in [-0.2, 0) is 0 Å². The SMILES string of the molecule is Cc1ccsc1C(NN)c1cc(Cl)ccc1F. The minimum atomic E-state index is -0.367. The number of nitrogens with one attached hydrogen (secondary N) is 1. The third-order valence-corrected chi connectivity index (χ3v) is 3.92. The monoisotopic (exact) mass is 270 g/mol. The first-order valence-electron chi connectivity index (χ1n) is 5.08. The minimum Gasteiger partial charge on any atom is -0.271 e. The van der Waals surface area contributed by atoms with Crippen LogP contribution in [0.15, 0.2) is 29.6 Å². The molecule has 0 bridgehead atoms. The molecule has 0 radical (unpaired) electrons. The van der Waals surface area contributed by atoms with Crippen LogP contribution in [0.3, 0.4) is 0 Å². The number of hydrogen-bond donors (Lipinski definition) is 2. The van der Waals surface area contributed by atoms with E-state index in [1.807, 2.05) is 18.4 Å². The van der Waals surface area contributed by atoms with Gasteiger partial charge in [0, 0.05) is 15.5 Å². The van der Waals surface area contributed by atoms with Gasteiger partial charge < -0.3 is 0 Å². The second-order valence-corrected chi connectivity index (χ2v) is 5.12. The van der Waals surface area contributed by atoms with Crippen LogP contribution >= 0.6 is 22.9 Å². The molecule has 1 aromatic heterocycles. The molecule has 1 unspecified atom stereocenters. The van der Waals surface area contributed by atoms with Crippen molar-refractivity contribution in [2.45, 2.75) is 13.0 Å². The highest BCUT2D eigenvalue weighted by atomic mass is 35.5. The molecular formula is C12H12ClFN2S. The third-order valence-electron chi connectivity index (χ3n) is 2.60. The van der Waals surface area contributed by atoms with E-state index in [1.54, 1.807) is 6.07 Å². The van der Waals surface area contributed by atoms with Gasteiger partial charge in [-0.05, 0) is 42.1 Å². The van der Waals surface area contributed by atoms with E-state index in [1.165, 1.54) is 23.5 Å². The highest BCUT2D eigenvalue weighted by molar-refractivity contribution is 7.10. The van der Waals surface area contributed by atoms with Gasteiger partial charge in [0.15, 0.2) is 0 Å². The summed E-state index contributed by atoms with van der Waals surface area (Å²) in [5.41, 5.74) is 4.19. The quantitative estimate of drug-likeness (QED) is 0.663. The van der Waals surface area contributed by atoms with Crippen molar-refractivity contribution in [1.82, 2.24) is 5.43 Å². The van der Waals surface area contributed by atoms with Gasteiger partial charge in [0.2, 0.25) is 0 Å². The van der Waals surface area contributed by atoms with Gasteiger partial charge in [-0.2, -0.15) is 0 Å². The van der Waals surface area contributed by atoms with Crippen LogP contribution in [0.1, 0.15) is 22.0 Å². The molecule has 2 aromatic rings. The van der Waals surface area contributed by atoms with E-state index in [0.29, 0.717) is 10.6 Å². The maximum atomic E-state index is 13.8. The summed E-state index contributed by atoms with van der Waals surface area (Å²) in [5, 5.41) is 2.45. The zero-order chi connectivity index (χ0) is 12.4. The molecule has 0 saturated carbocycles.